The minimum absolute atomic E-state index is 0.791. The molecule has 0 aliphatic heterocycles. The average molecular weight is 208 g/mol. The SMILES string of the molecule is c1c2cc3nn[n-]c3cc2cc2n[n-]nc12. The zero-order valence-electron chi connectivity index (χ0n) is 7.99. The van der Waals surface area contributed by atoms with Crippen molar-refractivity contribution in [2.75, 3.05) is 0 Å². The first-order valence-electron chi connectivity index (χ1n) is 4.75. The number of aromatic nitrogens is 6. The normalized spacial score (nSPS) is 11.8. The van der Waals surface area contributed by atoms with E-state index in [0.717, 1.165) is 32.8 Å². The van der Waals surface area contributed by atoms with E-state index < -0.39 is 0 Å². The van der Waals surface area contributed by atoms with E-state index in [2.05, 4.69) is 30.8 Å². The van der Waals surface area contributed by atoms with E-state index in [1.807, 2.05) is 24.3 Å². The summed E-state index contributed by atoms with van der Waals surface area (Å²) in [5, 5.41) is 25.1. The van der Waals surface area contributed by atoms with Crippen LogP contribution in [0.5, 0.6) is 0 Å². The van der Waals surface area contributed by atoms with Crippen LogP contribution in [-0.4, -0.2) is 20.5 Å². The van der Waals surface area contributed by atoms with Crippen molar-refractivity contribution in [1.82, 2.24) is 30.8 Å². The first-order chi connectivity index (χ1) is 7.90. The smallest absolute Gasteiger partial charge is 0.0671 e. The van der Waals surface area contributed by atoms with Gasteiger partial charge in [-0.05, 0) is 46.1 Å². The number of benzene rings is 2. The van der Waals surface area contributed by atoms with Crippen molar-refractivity contribution in [3.63, 3.8) is 0 Å². The second-order valence-corrected chi connectivity index (χ2v) is 3.61. The van der Waals surface area contributed by atoms with E-state index in [4.69, 9.17) is 0 Å². The van der Waals surface area contributed by atoms with E-state index in [0.29, 0.717) is 0 Å². The van der Waals surface area contributed by atoms with Crippen LogP contribution in [0.3, 0.4) is 0 Å². The van der Waals surface area contributed by atoms with Crippen LogP contribution in [0.15, 0.2) is 24.3 Å². The van der Waals surface area contributed by atoms with E-state index in [1.165, 1.54) is 0 Å². The van der Waals surface area contributed by atoms with Crippen molar-refractivity contribution in [2.45, 2.75) is 0 Å². The zero-order chi connectivity index (χ0) is 10.5. The Kier molecular flexibility index (Phi) is 1.23. The van der Waals surface area contributed by atoms with Gasteiger partial charge in [-0.15, -0.1) is 0 Å². The molecule has 0 N–H and O–H groups in total. The third kappa shape index (κ3) is 0.902. The predicted molar refractivity (Wildman–Crippen MR) is 56.8 cm³/mol. The maximum Gasteiger partial charge on any atom is 0.0671 e. The van der Waals surface area contributed by atoms with Gasteiger partial charge < -0.3 is 25.6 Å². The number of hydrogen-bond acceptors (Lipinski definition) is 4. The molecule has 2 aromatic carbocycles. The third-order valence-electron chi connectivity index (χ3n) is 2.64. The summed E-state index contributed by atoms with van der Waals surface area (Å²) in [5.41, 5.74) is 3.16. The van der Waals surface area contributed by atoms with Crippen LogP contribution in [0.25, 0.3) is 32.8 Å². The molecule has 76 valence electrons. The molecule has 0 saturated carbocycles. The summed E-state index contributed by atoms with van der Waals surface area (Å²) in [6, 6.07) is 7.77. The number of rotatable bonds is 0. The zero-order valence-corrected chi connectivity index (χ0v) is 7.99. The van der Waals surface area contributed by atoms with E-state index in [1.54, 1.807) is 0 Å². The minimum Gasteiger partial charge on any atom is -0.492 e. The molecule has 4 aromatic rings. The first-order valence-corrected chi connectivity index (χ1v) is 4.75. The topological polar surface area (TPSA) is 79.8 Å². The molecule has 0 fully saturated rings. The van der Waals surface area contributed by atoms with Crippen LogP contribution in [0, 0.1) is 0 Å². The van der Waals surface area contributed by atoms with Gasteiger partial charge in [-0.2, -0.15) is 0 Å². The number of fused-ring (bicyclic) bond motifs is 3. The van der Waals surface area contributed by atoms with Crippen LogP contribution in [0.2, 0.25) is 0 Å². The number of nitrogens with zero attached hydrogens (tertiary/aromatic N) is 6. The molecule has 2 aromatic heterocycles. The van der Waals surface area contributed by atoms with Crippen LogP contribution >= 0.6 is 0 Å². The molecule has 16 heavy (non-hydrogen) atoms. The Morgan fingerprint density at radius 3 is 2.31 bits per heavy atom. The number of hydrogen-bond donors (Lipinski definition) is 0. The molecule has 0 radical (unpaired) electrons. The Balaban J connectivity index is 2.26. The largest absolute Gasteiger partial charge is 0.492 e. The molecule has 0 aliphatic rings. The van der Waals surface area contributed by atoms with Crippen LogP contribution in [-0.2, 0) is 0 Å². The standard InChI is InChI=1S/C10H4N6/c1-5-2-9-10(14-16-13-9)4-6(5)3-8-7(1)11-15-12-8/h1-4H/q-2. The summed E-state index contributed by atoms with van der Waals surface area (Å²) < 4.78 is 0. The summed E-state index contributed by atoms with van der Waals surface area (Å²) in [6.45, 7) is 0. The molecule has 0 amide bonds. The first kappa shape index (κ1) is 7.75. The Hall–Kier alpha value is -2.50. The van der Waals surface area contributed by atoms with Gasteiger partial charge in [0.05, 0.1) is 11.0 Å². The van der Waals surface area contributed by atoms with E-state index >= 15 is 0 Å². The molecular formula is C10H4N6-2. The Bertz CT molecular complexity index is 682. The van der Waals surface area contributed by atoms with Gasteiger partial charge >= 0.3 is 0 Å². The molecular weight excluding hydrogens is 204 g/mol. The Morgan fingerprint density at radius 1 is 0.812 bits per heavy atom. The monoisotopic (exact) mass is 208 g/mol. The van der Waals surface area contributed by atoms with Crippen molar-refractivity contribution in [3.05, 3.63) is 24.3 Å². The fraction of sp³-hybridized carbons (Fsp3) is 0. The lowest BCUT2D eigenvalue weighted by Gasteiger charge is -2.00. The maximum atomic E-state index is 3.92. The molecule has 0 bridgehead atoms. The van der Waals surface area contributed by atoms with Crippen LogP contribution in [0.1, 0.15) is 0 Å². The van der Waals surface area contributed by atoms with E-state index in [-0.39, 0.29) is 0 Å². The molecule has 6 heteroatoms. The lowest BCUT2D eigenvalue weighted by Crippen LogP contribution is -1.77. The second kappa shape index (κ2) is 2.54. The van der Waals surface area contributed by atoms with Crippen molar-refractivity contribution >= 4 is 32.8 Å². The van der Waals surface area contributed by atoms with Gasteiger partial charge in [0.2, 0.25) is 0 Å². The van der Waals surface area contributed by atoms with Crippen molar-refractivity contribution in [1.29, 1.82) is 0 Å². The van der Waals surface area contributed by atoms with Gasteiger partial charge in [-0.3, -0.25) is 5.21 Å². The highest BCUT2D eigenvalue weighted by Crippen LogP contribution is 2.23. The van der Waals surface area contributed by atoms with E-state index in [9.17, 15) is 0 Å². The fourth-order valence-electron chi connectivity index (χ4n) is 1.86. The molecule has 2 heterocycles. The van der Waals surface area contributed by atoms with Gasteiger partial charge in [0.15, 0.2) is 0 Å². The van der Waals surface area contributed by atoms with Crippen molar-refractivity contribution in [2.24, 2.45) is 0 Å². The quantitative estimate of drug-likeness (QED) is 0.422. The fourth-order valence-corrected chi connectivity index (χ4v) is 1.86. The lowest BCUT2D eigenvalue weighted by atomic mass is 10.1. The molecule has 0 aliphatic carbocycles. The van der Waals surface area contributed by atoms with Crippen LogP contribution in [0.4, 0.5) is 0 Å². The minimum atomic E-state index is 0.791. The van der Waals surface area contributed by atoms with Gasteiger partial charge in [0, 0.05) is 0 Å². The maximum absolute atomic E-state index is 3.92. The Morgan fingerprint density at radius 2 is 1.50 bits per heavy atom. The second-order valence-electron chi connectivity index (χ2n) is 3.61. The van der Waals surface area contributed by atoms with Gasteiger partial charge in [-0.25, -0.2) is 0 Å². The Labute approximate surface area is 88.6 Å². The van der Waals surface area contributed by atoms with Crippen molar-refractivity contribution in [3.8, 4) is 0 Å². The summed E-state index contributed by atoms with van der Waals surface area (Å²) in [7, 11) is 0. The molecule has 0 spiro atoms. The molecule has 0 saturated heterocycles. The van der Waals surface area contributed by atoms with Crippen LogP contribution < -0.4 is 10.3 Å². The molecule has 6 nitrogen and oxygen atoms in total. The summed E-state index contributed by atoms with van der Waals surface area (Å²) in [5.74, 6) is 0. The van der Waals surface area contributed by atoms with Gasteiger partial charge in [-0.1, -0.05) is 0 Å². The highest BCUT2D eigenvalue weighted by Gasteiger charge is 1.99. The van der Waals surface area contributed by atoms with Gasteiger partial charge in [0.1, 0.15) is 0 Å². The molecule has 0 unspecified atom stereocenters. The average Bonchev–Trinajstić information content (AvgIpc) is 2.89. The predicted octanol–water partition coefficient (Wildman–Crippen LogP) is 0.641. The van der Waals surface area contributed by atoms with Crippen molar-refractivity contribution < 1.29 is 0 Å². The molecule has 0 atom stereocenters. The third-order valence-corrected chi connectivity index (χ3v) is 2.64. The lowest BCUT2D eigenvalue weighted by molar-refractivity contribution is 0.928. The molecule has 4 rings (SSSR count). The summed E-state index contributed by atoms with van der Waals surface area (Å²) >= 11 is 0. The summed E-state index contributed by atoms with van der Waals surface area (Å²) in [6.07, 6.45) is 0. The van der Waals surface area contributed by atoms with Gasteiger partial charge in [0.25, 0.3) is 0 Å². The highest BCUT2D eigenvalue weighted by molar-refractivity contribution is 6.00. The summed E-state index contributed by atoms with van der Waals surface area (Å²) in [4.78, 5) is 0. The highest BCUT2D eigenvalue weighted by atomic mass is 15.3.